The first-order valence-corrected chi connectivity index (χ1v) is 9.54. The minimum Gasteiger partial charge on any atom is -0.267 e. The highest BCUT2D eigenvalue weighted by Crippen LogP contribution is 2.28. The standard InChI is InChI=1S/C26H18N2O/c29-26-24(18-19-15-16-20-9-7-8-12-22(20)17-19)25(21-10-3-1-4-11-21)27-28(26)23-13-5-2-6-14-23/h1-18H/b24-18-. The molecule has 1 amide bonds. The molecule has 0 saturated heterocycles. The molecular weight excluding hydrogens is 356 g/mol. The molecule has 0 unspecified atom stereocenters. The van der Waals surface area contributed by atoms with Crippen molar-refractivity contribution in [3.8, 4) is 0 Å². The third-order valence-corrected chi connectivity index (χ3v) is 5.01. The van der Waals surface area contributed by atoms with Crippen molar-refractivity contribution < 1.29 is 4.79 Å². The number of rotatable bonds is 3. The zero-order chi connectivity index (χ0) is 19.6. The smallest absolute Gasteiger partial charge is 0.267 e. The van der Waals surface area contributed by atoms with Crippen molar-refractivity contribution >= 4 is 34.2 Å². The summed E-state index contributed by atoms with van der Waals surface area (Å²) in [7, 11) is 0. The molecule has 0 aliphatic carbocycles. The van der Waals surface area contributed by atoms with Crippen LogP contribution in [-0.2, 0) is 4.79 Å². The molecule has 5 rings (SSSR count). The Balaban J connectivity index is 1.63. The largest absolute Gasteiger partial charge is 0.281 e. The summed E-state index contributed by atoms with van der Waals surface area (Å²) in [6.45, 7) is 0. The van der Waals surface area contributed by atoms with Gasteiger partial charge in [0.05, 0.1) is 11.3 Å². The number of para-hydroxylation sites is 1. The van der Waals surface area contributed by atoms with Crippen molar-refractivity contribution in [1.29, 1.82) is 0 Å². The minimum atomic E-state index is -0.122. The van der Waals surface area contributed by atoms with Gasteiger partial charge in [-0.3, -0.25) is 4.79 Å². The van der Waals surface area contributed by atoms with Crippen LogP contribution in [-0.4, -0.2) is 11.6 Å². The van der Waals surface area contributed by atoms with Gasteiger partial charge in [0.2, 0.25) is 0 Å². The fourth-order valence-electron chi connectivity index (χ4n) is 3.56. The summed E-state index contributed by atoms with van der Waals surface area (Å²) in [4.78, 5) is 13.3. The van der Waals surface area contributed by atoms with Crippen molar-refractivity contribution in [1.82, 2.24) is 0 Å². The third-order valence-electron chi connectivity index (χ3n) is 5.01. The molecule has 0 saturated carbocycles. The van der Waals surface area contributed by atoms with E-state index < -0.39 is 0 Å². The Morgan fingerprint density at radius 2 is 1.34 bits per heavy atom. The fraction of sp³-hybridized carbons (Fsp3) is 0. The highest BCUT2D eigenvalue weighted by Gasteiger charge is 2.31. The Labute approximate surface area is 169 Å². The van der Waals surface area contributed by atoms with Crippen LogP contribution in [0.5, 0.6) is 0 Å². The Morgan fingerprint density at radius 1 is 0.690 bits per heavy atom. The van der Waals surface area contributed by atoms with Crippen LogP contribution in [0, 0.1) is 0 Å². The highest BCUT2D eigenvalue weighted by molar-refractivity contribution is 6.37. The van der Waals surface area contributed by atoms with Crippen molar-refractivity contribution in [2.24, 2.45) is 5.10 Å². The summed E-state index contributed by atoms with van der Waals surface area (Å²) in [6, 6.07) is 33.8. The van der Waals surface area contributed by atoms with Gasteiger partial charge in [0.1, 0.15) is 5.71 Å². The molecule has 4 aromatic rings. The fourth-order valence-corrected chi connectivity index (χ4v) is 3.56. The number of carbonyl (C=O) groups excluding carboxylic acids is 1. The van der Waals surface area contributed by atoms with Gasteiger partial charge in [-0.1, -0.05) is 84.9 Å². The van der Waals surface area contributed by atoms with Gasteiger partial charge in [-0.05, 0) is 40.6 Å². The lowest BCUT2D eigenvalue weighted by Crippen LogP contribution is -2.21. The number of hydrogen-bond acceptors (Lipinski definition) is 2. The lowest BCUT2D eigenvalue weighted by molar-refractivity contribution is -0.114. The maximum atomic E-state index is 13.3. The van der Waals surface area contributed by atoms with Crippen LogP contribution in [0.4, 0.5) is 5.69 Å². The predicted molar refractivity (Wildman–Crippen MR) is 119 cm³/mol. The summed E-state index contributed by atoms with van der Waals surface area (Å²) in [6.07, 6.45) is 1.93. The maximum Gasteiger partial charge on any atom is 0.281 e. The molecule has 1 heterocycles. The van der Waals surface area contributed by atoms with E-state index in [4.69, 9.17) is 0 Å². The molecule has 29 heavy (non-hydrogen) atoms. The van der Waals surface area contributed by atoms with Gasteiger partial charge >= 0.3 is 0 Å². The average Bonchev–Trinajstić information content (AvgIpc) is 3.11. The normalized spacial score (nSPS) is 15.2. The molecule has 138 valence electrons. The number of amides is 1. The van der Waals surface area contributed by atoms with E-state index in [1.54, 1.807) is 0 Å². The number of nitrogens with zero attached hydrogens (tertiary/aromatic N) is 2. The van der Waals surface area contributed by atoms with E-state index in [-0.39, 0.29) is 5.91 Å². The van der Waals surface area contributed by atoms with Gasteiger partial charge in [0.25, 0.3) is 5.91 Å². The van der Waals surface area contributed by atoms with Crippen LogP contribution in [0.2, 0.25) is 0 Å². The summed E-state index contributed by atoms with van der Waals surface area (Å²) in [5.74, 6) is -0.122. The topological polar surface area (TPSA) is 32.7 Å². The zero-order valence-electron chi connectivity index (χ0n) is 15.7. The van der Waals surface area contributed by atoms with E-state index in [0.717, 1.165) is 22.2 Å². The van der Waals surface area contributed by atoms with Crippen LogP contribution >= 0.6 is 0 Å². The van der Waals surface area contributed by atoms with Crippen molar-refractivity contribution in [2.75, 3.05) is 5.01 Å². The highest BCUT2D eigenvalue weighted by atomic mass is 16.2. The predicted octanol–water partition coefficient (Wildman–Crippen LogP) is 5.67. The van der Waals surface area contributed by atoms with Crippen molar-refractivity contribution in [3.05, 3.63) is 120 Å². The van der Waals surface area contributed by atoms with Gasteiger partial charge in [-0.2, -0.15) is 10.1 Å². The lowest BCUT2D eigenvalue weighted by Gasteiger charge is -2.10. The van der Waals surface area contributed by atoms with E-state index in [1.165, 1.54) is 10.4 Å². The van der Waals surface area contributed by atoms with Crippen molar-refractivity contribution in [2.45, 2.75) is 0 Å². The summed E-state index contributed by atoms with van der Waals surface area (Å²) < 4.78 is 0. The van der Waals surface area contributed by atoms with Crippen LogP contribution in [0.1, 0.15) is 11.1 Å². The first-order chi connectivity index (χ1) is 14.3. The Morgan fingerprint density at radius 3 is 2.10 bits per heavy atom. The van der Waals surface area contributed by atoms with Gasteiger partial charge in [-0.15, -0.1) is 0 Å². The van der Waals surface area contributed by atoms with E-state index in [2.05, 4.69) is 29.4 Å². The number of hydrogen-bond donors (Lipinski definition) is 0. The Bertz CT molecular complexity index is 1260. The number of carbonyl (C=O) groups is 1. The van der Waals surface area contributed by atoms with E-state index in [1.807, 2.05) is 84.9 Å². The van der Waals surface area contributed by atoms with Crippen LogP contribution < -0.4 is 5.01 Å². The van der Waals surface area contributed by atoms with E-state index in [9.17, 15) is 4.79 Å². The number of anilines is 1. The molecule has 4 aromatic carbocycles. The SMILES string of the molecule is O=C1/C(=C\c2ccc3ccccc3c2)C(c2ccccc2)=NN1c1ccccc1. The molecular formula is C26H18N2O. The Hall–Kier alpha value is -3.98. The quantitative estimate of drug-likeness (QED) is 0.425. The second-order valence-electron chi connectivity index (χ2n) is 6.93. The lowest BCUT2D eigenvalue weighted by atomic mass is 9.99. The first kappa shape index (κ1) is 17.1. The second-order valence-corrected chi connectivity index (χ2v) is 6.93. The molecule has 0 bridgehead atoms. The van der Waals surface area contributed by atoms with Gasteiger partial charge < -0.3 is 0 Å². The van der Waals surface area contributed by atoms with Crippen LogP contribution in [0.15, 0.2) is 114 Å². The average molecular weight is 374 g/mol. The summed E-state index contributed by atoms with van der Waals surface area (Å²) in [5.41, 5.74) is 3.94. The van der Waals surface area contributed by atoms with E-state index >= 15 is 0 Å². The third kappa shape index (κ3) is 3.23. The van der Waals surface area contributed by atoms with Crippen LogP contribution in [0.3, 0.4) is 0 Å². The summed E-state index contributed by atoms with van der Waals surface area (Å²) >= 11 is 0. The molecule has 0 aromatic heterocycles. The first-order valence-electron chi connectivity index (χ1n) is 9.54. The van der Waals surface area contributed by atoms with Gasteiger partial charge in [0.15, 0.2) is 0 Å². The minimum absolute atomic E-state index is 0.122. The second kappa shape index (κ2) is 7.21. The molecule has 1 aliphatic rings. The molecule has 0 fully saturated rings. The van der Waals surface area contributed by atoms with Crippen LogP contribution in [0.25, 0.3) is 16.8 Å². The van der Waals surface area contributed by atoms with Crippen molar-refractivity contribution in [3.63, 3.8) is 0 Å². The molecule has 0 spiro atoms. The Kier molecular flexibility index (Phi) is 4.26. The molecule has 1 aliphatic heterocycles. The number of fused-ring (bicyclic) bond motifs is 1. The van der Waals surface area contributed by atoms with Gasteiger partial charge in [0, 0.05) is 5.56 Å². The molecule has 0 atom stereocenters. The monoisotopic (exact) mass is 374 g/mol. The summed E-state index contributed by atoms with van der Waals surface area (Å²) in [5, 5.41) is 8.48. The molecule has 0 radical (unpaired) electrons. The maximum absolute atomic E-state index is 13.3. The molecule has 3 nitrogen and oxygen atoms in total. The van der Waals surface area contributed by atoms with E-state index in [0.29, 0.717) is 11.3 Å². The molecule has 3 heteroatoms. The van der Waals surface area contributed by atoms with Gasteiger partial charge in [-0.25, -0.2) is 0 Å². The zero-order valence-corrected chi connectivity index (χ0v) is 15.7. The molecule has 0 N–H and O–H groups in total. The number of hydrazone groups is 1. The number of benzene rings is 4.